The van der Waals surface area contributed by atoms with Crippen molar-refractivity contribution in [2.45, 2.75) is 5.41 Å². The first-order valence-electron chi connectivity index (χ1n) is 25.9. The quantitative estimate of drug-likeness (QED) is 0.151. The molecule has 2 nitrogen and oxygen atoms in total. The maximum atomic E-state index is 6.93. The second-order valence-electron chi connectivity index (χ2n) is 19.8. The lowest BCUT2D eigenvalue weighted by molar-refractivity contribution is 0.671. The van der Waals surface area contributed by atoms with E-state index in [1.165, 1.54) is 66.8 Å². The van der Waals surface area contributed by atoms with Gasteiger partial charge in [0, 0.05) is 39.0 Å². The fraction of sp³-hybridized carbons (Fsp3) is 0.0137. The molecule has 1 heterocycles. The van der Waals surface area contributed by atoms with Crippen molar-refractivity contribution in [3.05, 3.63) is 307 Å². The highest BCUT2D eigenvalue weighted by atomic mass is 16.3. The van der Waals surface area contributed by atoms with Crippen molar-refractivity contribution in [1.29, 1.82) is 0 Å². The molecule has 0 aliphatic heterocycles. The van der Waals surface area contributed by atoms with Crippen molar-refractivity contribution in [1.82, 2.24) is 0 Å². The zero-order chi connectivity index (χ0) is 49.5. The van der Waals surface area contributed by atoms with E-state index in [4.69, 9.17) is 4.42 Å². The fourth-order valence-electron chi connectivity index (χ4n) is 12.7. The van der Waals surface area contributed by atoms with E-state index in [0.717, 1.165) is 72.4 Å². The van der Waals surface area contributed by atoms with E-state index < -0.39 is 0 Å². The summed E-state index contributed by atoms with van der Waals surface area (Å²) in [7, 11) is 0. The SMILES string of the molecule is c1ccc(-c2ccccc2-c2cccc3c2oc2c(-c4ccc(-c5ccc(N(c6ccccc6)c6ccc(-c7cccc8c7-c7ccccc7C87c8ccccc8-c8ccccc87)cc6)cc5)cc4)cccc23)cc1. The van der Waals surface area contributed by atoms with Crippen LogP contribution in [0.4, 0.5) is 17.1 Å². The molecule has 2 heteroatoms. The highest BCUT2D eigenvalue weighted by molar-refractivity contribution is 6.14. The molecule has 0 atom stereocenters. The van der Waals surface area contributed by atoms with E-state index in [-0.39, 0.29) is 5.41 Å². The number of anilines is 3. The summed E-state index contributed by atoms with van der Waals surface area (Å²) in [6, 6.07) is 104. The van der Waals surface area contributed by atoms with E-state index in [9.17, 15) is 0 Å². The molecule has 0 bridgehead atoms. The second-order valence-corrected chi connectivity index (χ2v) is 19.8. The highest BCUT2D eigenvalue weighted by Crippen LogP contribution is 2.64. The minimum absolute atomic E-state index is 0.375. The predicted octanol–water partition coefficient (Wildman–Crippen LogP) is 19.7. The Labute approximate surface area is 436 Å². The van der Waals surface area contributed by atoms with Gasteiger partial charge < -0.3 is 9.32 Å². The van der Waals surface area contributed by atoms with Crippen LogP contribution in [0, 0.1) is 0 Å². The summed E-state index contributed by atoms with van der Waals surface area (Å²) in [5, 5.41) is 2.23. The molecule has 0 amide bonds. The maximum absolute atomic E-state index is 6.93. The first-order valence-corrected chi connectivity index (χ1v) is 25.9. The van der Waals surface area contributed by atoms with E-state index in [1.54, 1.807) is 0 Å². The van der Waals surface area contributed by atoms with Gasteiger partial charge in [0.15, 0.2) is 0 Å². The predicted molar refractivity (Wildman–Crippen MR) is 312 cm³/mol. The fourth-order valence-corrected chi connectivity index (χ4v) is 12.7. The Bertz CT molecular complexity index is 4280. The van der Waals surface area contributed by atoms with Crippen molar-refractivity contribution in [2.75, 3.05) is 4.90 Å². The lowest BCUT2D eigenvalue weighted by Gasteiger charge is -2.30. The van der Waals surface area contributed by atoms with Crippen LogP contribution in [0.2, 0.25) is 0 Å². The highest BCUT2D eigenvalue weighted by Gasteiger charge is 2.52. The summed E-state index contributed by atoms with van der Waals surface area (Å²) in [6.07, 6.45) is 0. The Balaban J connectivity index is 0.751. The van der Waals surface area contributed by atoms with E-state index >= 15 is 0 Å². The zero-order valence-corrected chi connectivity index (χ0v) is 41.0. The number of para-hydroxylation sites is 3. The van der Waals surface area contributed by atoms with E-state index in [0.29, 0.717) is 0 Å². The van der Waals surface area contributed by atoms with Gasteiger partial charge in [-0.15, -0.1) is 0 Å². The zero-order valence-electron chi connectivity index (χ0n) is 41.0. The normalized spacial score (nSPS) is 12.6. The van der Waals surface area contributed by atoms with Gasteiger partial charge in [-0.3, -0.25) is 0 Å². The summed E-state index contributed by atoms with van der Waals surface area (Å²) < 4.78 is 6.93. The van der Waals surface area contributed by atoms with Crippen LogP contribution < -0.4 is 4.90 Å². The van der Waals surface area contributed by atoms with Crippen LogP contribution in [0.1, 0.15) is 22.3 Å². The first-order chi connectivity index (χ1) is 37.2. The number of furan rings is 1. The van der Waals surface area contributed by atoms with Crippen molar-refractivity contribution in [3.8, 4) is 77.9 Å². The Morgan fingerprint density at radius 2 is 0.600 bits per heavy atom. The molecule has 15 rings (SSSR count). The Kier molecular flexibility index (Phi) is 9.83. The standard InChI is InChI=1S/C73H47NO/c1-3-18-50(19-4-1)56-22-7-8-23-59(56)62-29-16-31-64-63-30-15-28-58(71(63)75-72(62)64)52-38-36-48(37-39-52)49-40-44-54(45-41-49)74(53-20-5-2-6-21-53)55-46-42-51(43-47-55)57-27-17-35-69-70(57)65-26-11-14-34-68(65)73(69)66-32-12-9-24-60(66)61-25-10-13-33-67(61)73/h1-47H. The molecule has 2 aliphatic rings. The molecular weight excluding hydrogens is 907 g/mol. The van der Waals surface area contributed by atoms with Crippen molar-refractivity contribution < 1.29 is 4.42 Å². The monoisotopic (exact) mass is 953 g/mol. The van der Waals surface area contributed by atoms with Gasteiger partial charge in [-0.2, -0.15) is 0 Å². The van der Waals surface area contributed by atoms with Crippen LogP contribution in [0.25, 0.3) is 99.8 Å². The Morgan fingerprint density at radius 1 is 0.227 bits per heavy atom. The largest absolute Gasteiger partial charge is 0.455 e. The number of rotatable bonds is 8. The van der Waals surface area contributed by atoms with E-state index in [1.807, 2.05) is 0 Å². The molecule has 0 saturated carbocycles. The van der Waals surface area contributed by atoms with E-state index in [2.05, 4.69) is 290 Å². The molecular formula is C73H47NO. The third-order valence-corrected chi connectivity index (χ3v) is 16.0. The number of hydrogen-bond acceptors (Lipinski definition) is 2. The van der Waals surface area contributed by atoms with Gasteiger partial charge in [0.05, 0.1) is 5.41 Å². The average Bonchev–Trinajstić information content (AvgIpc) is 4.21. The molecule has 0 saturated heterocycles. The van der Waals surface area contributed by atoms with Gasteiger partial charge in [-0.05, 0) is 125 Å². The van der Waals surface area contributed by atoms with Crippen LogP contribution in [-0.4, -0.2) is 0 Å². The average molecular weight is 954 g/mol. The smallest absolute Gasteiger partial charge is 0.143 e. The van der Waals surface area contributed by atoms with Gasteiger partial charge in [-0.1, -0.05) is 249 Å². The van der Waals surface area contributed by atoms with Crippen LogP contribution in [0.3, 0.4) is 0 Å². The summed E-state index contributed by atoms with van der Waals surface area (Å²) in [6.45, 7) is 0. The van der Waals surface area contributed by atoms with Crippen molar-refractivity contribution in [3.63, 3.8) is 0 Å². The number of benzene rings is 12. The third kappa shape index (κ3) is 6.60. The molecule has 1 spiro atoms. The number of hydrogen-bond donors (Lipinski definition) is 0. The summed E-state index contributed by atoms with van der Waals surface area (Å²) >= 11 is 0. The van der Waals surface area contributed by atoms with Gasteiger partial charge in [-0.25, -0.2) is 0 Å². The second kappa shape index (κ2) is 17.2. The van der Waals surface area contributed by atoms with Crippen LogP contribution >= 0.6 is 0 Å². The van der Waals surface area contributed by atoms with Crippen molar-refractivity contribution >= 4 is 39.0 Å². The molecule has 0 fully saturated rings. The molecule has 0 unspecified atom stereocenters. The third-order valence-electron chi connectivity index (χ3n) is 16.0. The van der Waals surface area contributed by atoms with Crippen LogP contribution in [-0.2, 0) is 5.41 Å². The molecule has 2 aliphatic carbocycles. The van der Waals surface area contributed by atoms with Crippen LogP contribution in [0.15, 0.2) is 290 Å². The van der Waals surface area contributed by atoms with Gasteiger partial charge in [0.25, 0.3) is 0 Å². The minimum Gasteiger partial charge on any atom is -0.455 e. The molecule has 0 N–H and O–H groups in total. The summed E-state index contributed by atoms with van der Waals surface area (Å²) in [5.74, 6) is 0. The minimum atomic E-state index is -0.375. The number of nitrogens with zero attached hydrogens (tertiary/aromatic N) is 1. The van der Waals surface area contributed by atoms with Gasteiger partial charge in [0.2, 0.25) is 0 Å². The lowest BCUT2D eigenvalue weighted by Crippen LogP contribution is -2.25. The molecule has 75 heavy (non-hydrogen) atoms. The first kappa shape index (κ1) is 42.9. The lowest BCUT2D eigenvalue weighted by atomic mass is 9.70. The van der Waals surface area contributed by atoms with Crippen LogP contribution in [0.5, 0.6) is 0 Å². The van der Waals surface area contributed by atoms with Gasteiger partial charge in [0.1, 0.15) is 11.2 Å². The summed E-state index contributed by atoms with van der Waals surface area (Å²) in [5.41, 5.74) is 27.0. The number of fused-ring (bicyclic) bond motifs is 13. The van der Waals surface area contributed by atoms with Gasteiger partial charge >= 0.3 is 0 Å². The Morgan fingerprint density at radius 3 is 1.23 bits per heavy atom. The maximum Gasteiger partial charge on any atom is 0.143 e. The summed E-state index contributed by atoms with van der Waals surface area (Å²) in [4.78, 5) is 2.35. The Hall–Kier alpha value is -9.76. The molecule has 1 aromatic heterocycles. The van der Waals surface area contributed by atoms with Crippen molar-refractivity contribution in [2.24, 2.45) is 0 Å². The topological polar surface area (TPSA) is 16.4 Å². The molecule has 350 valence electrons. The molecule has 0 radical (unpaired) electrons. The molecule has 12 aromatic carbocycles. The molecule has 13 aromatic rings.